The van der Waals surface area contributed by atoms with Crippen LogP contribution < -0.4 is 15.0 Å². The molecule has 0 aromatic heterocycles. The summed E-state index contributed by atoms with van der Waals surface area (Å²) < 4.78 is 6.24. The number of imide groups is 2. The minimum Gasteiger partial charge on any atom is -0.490 e. The smallest absolute Gasteiger partial charge is 0.335 e. The highest BCUT2D eigenvalue weighted by Crippen LogP contribution is 2.27. The van der Waals surface area contributed by atoms with Crippen LogP contribution in [0.5, 0.6) is 5.75 Å². The minimum absolute atomic E-state index is 0.123. The lowest BCUT2D eigenvalue weighted by Gasteiger charge is -2.27. The standard InChI is InChI=1S/C21H17BrN2O4/c1-3-10-28-16-7-4-14(5-8-16)12-17-19(25)23-21(27)24(20(17)26)18-9-6-15(22)11-13(18)2/h3-9,11-12H,1,10H2,2H3,(H,23,25,27)/b17-12-. The van der Waals surface area contributed by atoms with Crippen LogP contribution in [0.15, 0.2) is 65.2 Å². The minimum atomic E-state index is -0.772. The average Bonchev–Trinajstić information content (AvgIpc) is 2.66. The summed E-state index contributed by atoms with van der Waals surface area (Å²) >= 11 is 3.35. The van der Waals surface area contributed by atoms with Gasteiger partial charge in [0.1, 0.15) is 17.9 Å². The maximum Gasteiger partial charge on any atom is 0.335 e. The lowest BCUT2D eigenvalue weighted by atomic mass is 10.1. The molecule has 1 heterocycles. The van der Waals surface area contributed by atoms with E-state index in [9.17, 15) is 14.4 Å². The molecule has 1 aliphatic rings. The van der Waals surface area contributed by atoms with Crippen LogP contribution in [0.2, 0.25) is 0 Å². The summed E-state index contributed by atoms with van der Waals surface area (Å²) in [5.41, 5.74) is 1.64. The first kappa shape index (κ1) is 19.6. The number of aryl methyl sites for hydroxylation is 1. The molecule has 142 valence electrons. The van der Waals surface area contributed by atoms with E-state index >= 15 is 0 Å². The number of ether oxygens (including phenoxy) is 1. The molecule has 28 heavy (non-hydrogen) atoms. The van der Waals surface area contributed by atoms with Crippen LogP contribution in [0.3, 0.4) is 0 Å². The van der Waals surface area contributed by atoms with Gasteiger partial charge >= 0.3 is 6.03 Å². The topological polar surface area (TPSA) is 75.7 Å². The van der Waals surface area contributed by atoms with Crippen LogP contribution in [0.1, 0.15) is 11.1 Å². The molecular weight excluding hydrogens is 424 g/mol. The van der Waals surface area contributed by atoms with E-state index in [0.717, 1.165) is 14.9 Å². The van der Waals surface area contributed by atoms with Gasteiger partial charge in [0.15, 0.2) is 0 Å². The van der Waals surface area contributed by atoms with E-state index in [0.29, 0.717) is 23.6 Å². The van der Waals surface area contributed by atoms with Gasteiger partial charge in [-0.1, -0.05) is 40.7 Å². The molecule has 7 heteroatoms. The Morgan fingerprint density at radius 3 is 2.50 bits per heavy atom. The number of rotatable bonds is 5. The summed E-state index contributed by atoms with van der Waals surface area (Å²) in [6, 6.07) is 11.3. The van der Waals surface area contributed by atoms with Gasteiger partial charge in [-0.05, 0) is 54.5 Å². The lowest BCUT2D eigenvalue weighted by Crippen LogP contribution is -2.54. The second-order valence-corrected chi connectivity index (χ2v) is 6.97. The third-order valence-electron chi connectivity index (χ3n) is 4.06. The Labute approximate surface area is 170 Å². The zero-order valence-corrected chi connectivity index (χ0v) is 16.7. The van der Waals surface area contributed by atoms with Gasteiger partial charge in [0.25, 0.3) is 11.8 Å². The highest BCUT2D eigenvalue weighted by atomic mass is 79.9. The van der Waals surface area contributed by atoms with Crippen LogP contribution >= 0.6 is 15.9 Å². The van der Waals surface area contributed by atoms with Gasteiger partial charge in [-0.25, -0.2) is 9.69 Å². The number of nitrogens with zero attached hydrogens (tertiary/aromatic N) is 1. The second-order valence-electron chi connectivity index (χ2n) is 6.06. The second kappa shape index (κ2) is 8.22. The van der Waals surface area contributed by atoms with Gasteiger partial charge in [-0.15, -0.1) is 0 Å². The number of amides is 4. The molecule has 0 bridgehead atoms. The fourth-order valence-electron chi connectivity index (χ4n) is 2.73. The fraction of sp³-hybridized carbons (Fsp3) is 0.0952. The number of hydrogen-bond donors (Lipinski definition) is 1. The summed E-state index contributed by atoms with van der Waals surface area (Å²) in [6.45, 7) is 5.75. The summed E-state index contributed by atoms with van der Waals surface area (Å²) in [7, 11) is 0. The molecule has 1 saturated heterocycles. The van der Waals surface area contributed by atoms with Crippen molar-refractivity contribution in [3.05, 3.63) is 76.3 Å². The SMILES string of the molecule is C=CCOc1ccc(/C=C2/C(=O)NC(=O)N(c3ccc(Br)cc3C)C2=O)cc1. The Bertz CT molecular complexity index is 996. The average molecular weight is 441 g/mol. The molecule has 0 saturated carbocycles. The van der Waals surface area contributed by atoms with Gasteiger partial charge in [0.2, 0.25) is 0 Å². The Hall–Kier alpha value is -3.19. The first-order valence-corrected chi connectivity index (χ1v) is 9.21. The van der Waals surface area contributed by atoms with Crippen molar-refractivity contribution in [3.63, 3.8) is 0 Å². The Morgan fingerprint density at radius 2 is 1.86 bits per heavy atom. The molecule has 2 aromatic carbocycles. The van der Waals surface area contributed by atoms with Gasteiger partial charge in [0.05, 0.1) is 5.69 Å². The molecule has 3 rings (SSSR count). The zero-order chi connectivity index (χ0) is 20.3. The maximum absolute atomic E-state index is 12.9. The molecule has 0 unspecified atom stereocenters. The molecule has 0 atom stereocenters. The molecule has 2 aromatic rings. The van der Waals surface area contributed by atoms with Crippen molar-refractivity contribution < 1.29 is 19.1 Å². The summed E-state index contributed by atoms with van der Waals surface area (Å²) in [5, 5.41) is 2.22. The Kier molecular flexibility index (Phi) is 5.75. The molecule has 6 nitrogen and oxygen atoms in total. The van der Waals surface area contributed by atoms with E-state index in [4.69, 9.17) is 4.74 Å². The monoisotopic (exact) mass is 440 g/mol. The quantitative estimate of drug-likeness (QED) is 0.433. The number of nitrogens with one attached hydrogen (secondary N) is 1. The van der Waals surface area contributed by atoms with Crippen molar-refractivity contribution in [1.29, 1.82) is 0 Å². The van der Waals surface area contributed by atoms with E-state index in [2.05, 4.69) is 27.8 Å². The number of urea groups is 1. The third-order valence-corrected chi connectivity index (χ3v) is 4.55. The summed E-state index contributed by atoms with van der Waals surface area (Å²) in [6.07, 6.45) is 3.08. The van der Waals surface area contributed by atoms with Gasteiger partial charge < -0.3 is 4.74 Å². The Morgan fingerprint density at radius 1 is 1.14 bits per heavy atom. The van der Waals surface area contributed by atoms with Crippen LogP contribution in [-0.4, -0.2) is 24.5 Å². The van der Waals surface area contributed by atoms with Crippen LogP contribution in [-0.2, 0) is 9.59 Å². The molecule has 1 N–H and O–H groups in total. The third kappa shape index (κ3) is 4.04. The molecular formula is C21H17BrN2O4. The van der Waals surface area contributed by atoms with E-state index < -0.39 is 17.8 Å². The predicted molar refractivity (Wildman–Crippen MR) is 110 cm³/mol. The number of carbonyl (C=O) groups is 3. The molecule has 1 fully saturated rings. The highest BCUT2D eigenvalue weighted by Gasteiger charge is 2.37. The predicted octanol–water partition coefficient (Wildman–Crippen LogP) is 3.99. The zero-order valence-electron chi connectivity index (χ0n) is 15.1. The van der Waals surface area contributed by atoms with Crippen LogP contribution in [0.4, 0.5) is 10.5 Å². The number of halogens is 1. The Balaban J connectivity index is 1.93. The van der Waals surface area contributed by atoms with E-state index in [1.807, 2.05) is 0 Å². The van der Waals surface area contributed by atoms with E-state index in [1.54, 1.807) is 55.5 Å². The van der Waals surface area contributed by atoms with Gasteiger partial charge in [-0.3, -0.25) is 14.9 Å². The normalized spacial score (nSPS) is 15.6. The number of barbiturate groups is 1. The van der Waals surface area contributed by atoms with Gasteiger partial charge in [0, 0.05) is 4.47 Å². The summed E-state index contributed by atoms with van der Waals surface area (Å²) in [4.78, 5) is 38.5. The van der Waals surface area contributed by atoms with Crippen molar-refractivity contribution in [2.45, 2.75) is 6.92 Å². The van der Waals surface area contributed by atoms with E-state index in [1.165, 1.54) is 6.08 Å². The van der Waals surface area contributed by atoms with Crippen molar-refractivity contribution in [2.24, 2.45) is 0 Å². The summed E-state index contributed by atoms with van der Waals surface area (Å²) in [5.74, 6) is -0.761. The van der Waals surface area contributed by atoms with Crippen molar-refractivity contribution in [3.8, 4) is 5.75 Å². The number of benzene rings is 2. The van der Waals surface area contributed by atoms with E-state index in [-0.39, 0.29) is 5.57 Å². The number of carbonyl (C=O) groups excluding carboxylic acids is 3. The molecule has 0 radical (unpaired) electrons. The molecule has 0 aliphatic carbocycles. The number of hydrogen-bond acceptors (Lipinski definition) is 4. The molecule has 1 aliphatic heterocycles. The van der Waals surface area contributed by atoms with Crippen molar-refractivity contribution >= 4 is 45.5 Å². The number of anilines is 1. The van der Waals surface area contributed by atoms with Crippen LogP contribution in [0.25, 0.3) is 6.08 Å². The lowest BCUT2D eigenvalue weighted by molar-refractivity contribution is -0.122. The van der Waals surface area contributed by atoms with Crippen LogP contribution in [0, 0.1) is 6.92 Å². The maximum atomic E-state index is 12.9. The fourth-order valence-corrected chi connectivity index (χ4v) is 3.20. The highest BCUT2D eigenvalue weighted by molar-refractivity contribution is 9.10. The molecule has 4 amide bonds. The van der Waals surface area contributed by atoms with Crippen molar-refractivity contribution in [1.82, 2.24) is 5.32 Å². The first-order chi connectivity index (χ1) is 13.4. The first-order valence-electron chi connectivity index (χ1n) is 8.42. The van der Waals surface area contributed by atoms with Gasteiger partial charge in [-0.2, -0.15) is 0 Å². The van der Waals surface area contributed by atoms with Crippen molar-refractivity contribution in [2.75, 3.05) is 11.5 Å². The largest absolute Gasteiger partial charge is 0.490 e. The molecule has 0 spiro atoms.